The van der Waals surface area contributed by atoms with Gasteiger partial charge in [-0.2, -0.15) is 0 Å². The molecule has 88 valence electrons. The predicted octanol–water partition coefficient (Wildman–Crippen LogP) is 1.06. The van der Waals surface area contributed by atoms with Crippen molar-refractivity contribution in [2.75, 3.05) is 6.54 Å². The lowest BCUT2D eigenvalue weighted by molar-refractivity contribution is -0.131. The first kappa shape index (κ1) is 13.9. The van der Waals surface area contributed by atoms with Gasteiger partial charge in [0.15, 0.2) is 0 Å². The average Bonchev–Trinajstić information content (AvgIpc) is 1.94. The van der Waals surface area contributed by atoms with E-state index >= 15 is 0 Å². The molecule has 0 saturated carbocycles. The normalized spacial score (nSPS) is 12.1. The van der Waals surface area contributed by atoms with Crippen molar-refractivity contribution < 1.29 is 9.59 Å². The number of nitrogens with one attached hydrogen (secondary N) is 2. The molecule has 0 spiro atoms. The molecule has 0 bridgehead atoms. The van der Waals surface area contributed by atoms with Gasteiger partial charge in [0.2, 0.25) is 11.8 Å². The number of hydrogen-bond acceptors (Lipinski definition) is 2. The summed E-state index contributed by atoms with van der Waals surface area (Å²) in [5, 5.41) is 5.37. The van der Waals surface area contributed by atoms with Gasteiger partial charge in [-0.25, -0.2) is 0 Å². The van der Waals surface area contributed by atoms with Crippen molar-refractivity contribution >= 4 is 11.8 Å². The van der Waals surface area contributed by atoms with Crippen LogP contribution in [0.2, 0.25) is 0 Å². The highest BCUT2D eigenvalue weighted by molar-refractivity contribution is 5.87. The third kappa shape index (κ3) is 6.94. The van der Waals surface area contributed by atoms with Crippen LogP contribution in [0.1, 0.15) is 41.5 Å². The van der Waals surface area contributed by atoms with Gasteiger partial charge >= 0.3 is 0 Å². The van der Waals surface area contributed by atoms with E-state index in [9.17, 15) is 9.59 Å². The van der Waals surface area contributed by atoms with Crippen LogP contribution in [0, 0.1) is 5.41 Å². The Morgan fingerprint density at radius 2 is 1.47 bits per heavy atom. The lowest BCUT2D eigenvalue weighted by Crippen LogP contribution is -2.47. The maximum Gasteiger partial charge on any atom is 0.239 e. The lowest BCUT2D eigenvalue weighted by atomic mass is 9.96. The van der Waals surface area contributed by atoms with Gasteiger partial charge < -0.3 is 10.6 Å². The monoisotopic (exact) mass is 214 g/mol. The van der Waals surface area contributed by atoms with E-state index < -0.39 is 5.41 Å². The predicted molar refractivity (Wildman–Crippen MR) is 60.4 cm³/mol. The van der Waals surface area contributed by atoms with Crippen LogP contribution in [0.4, 0.5) is 0 Å². The summed E-state index contributed by atoms with van der Waals surface area (Å²) in [7, 11) is 0. The maximum atomic E-state index is 11.4. The first-order valence-corrected chi connectivity index (χ1v) is 5.12. The van der Waals surface area contributed by atoms with E-state index in [0.717, 1.165) is 0 Å². The second-order valence-corrected chi connectivity index (χ2v) is 5.73. The molecule has 2 amide bonds. The second-order valence-electron chi connectivity index (χ2n) is 5.73. The molecular weight excluding hydrogens is 192 g/mol. The Balaban J connectivity index is 3.98. The van der Waals surface area contributed by atoms with Crippen LogP contribution < -0.4 is 10.6 Å². The maximum absolute atomic E-state index is 11.4. The van der Waals surface area contributed by atoms with Gasteiger partial charge in [0.25, 0.3) is 0 Å². The molecule has 0 aliphatic carbocycles. The van der Waals surface area contributed by atoms with Gasteiger partial charge in [-0.1, -0.05) is 20.8 Å². The number of rotatable bonds is 2. The van der Waals surface area contributed by atoms with Crippen molar-refractivity contribution in [1.29, 1.82) is 0 Å². The summed E-state index contributed by atoms with van der Waals surface area (Å²) < 4.78 is 0. The lowest BCUT2D eigenvalue weighted by Gasteiger charge is -2.22. The Hall–Kier alpha value is -1.06. The zero-order chi connectivity index (χ0) is 12.3. The van der Waals surface area contributed by atoms with Crippen molar-refractivity contribution in [3.8, 4) is 0 Å². The van der Waals surface area contributed by atoms with Crippen LogP contribution in [0.5, 0.6) is 0 Å². The molecule has 0 rings (SSSR count). The van der Waals surface area contributed by atoms with Crippen molar-refractivity contribution in [1.82, 2.24) is 10.6 Å². The molecule has 0 saturated heterocycles. The molecule has 15 heavy (non-hydrogen) atoms. The number of hydrogen-bond donors (Lipinski definition) is 2. The molecule has 0 aromatic heterocycles. The molecule has 0 aromatic carbocycles. The third-order valence-corrected chi connectivity index (χ3v) is 1.61. The summed E-state index contributed by atoms with van der Waals surface area (Å²) in [5.74, 6) is -0.286. The van der Waals surface area contributed by atoms with Crippen molar-refractivity contribution in [2.24, 2.45) is 5.41 Å². The first-order chi connectivity index (χ1) is 6.52. The van der Waals surface area contributed by atoms with Gasteiger partial charge in [0, 0.05) is 11.0 Å². The minimum Gasteiger partial charge on any atom is -0.350 e. The molecule has 4 nitrogen and oxygen atoms in total. The highest BCUT2D eigenvalue weighted by Gasteiger charge is 2.22. The summed E-state index contributed by atoms with van der Waals surface area (Å²) in [6.07, 6.45) is 0. The first-order valence-electron chi connectivity index (χ1n) is 5.12. The quantitative estimate of drug-likeness (QED) is 0.722. The van der Waals surface area contributed by atoms with Crippen LogP contribution >= 0.6 is 0 Å². The topological polar surface area (TPSA) is 58.2 Å². The van der Waals surface area contributed by atoms with Gasteiger partial charge in [-0.15, -0.1) is 0 Å². The third-order valence-electron chi connectivity index (χ3n) is 1.61. The smallest absolute Gasteiger partial charge is 0.239 e. The molecule has 0 aliphatic heterocycles. The highest BCUT2D eigenvalue weighted by atomic mass is 16.2. The van der Waals surface area contributed by atoms with Gasteiger partial charge in [-0.3, -0.25) is 9.59 Å². The Morgan fingerprint density at radius 1 is 1.00 bits per heavy atom. The van der Waals surface area contributed by atoms with E-state index in [1.54, 1.807) is 0 Å². The zero-order valence-electron chi connectivity index (χ0n) is 10.5. The van der Waals surface area contributed by atoms with Crippen molar-refractivity contribution in [2.45, 2.75) is 47.1 Å². The van der Waals surface area contributed by atoms with E-state index in [1.165, 1.54) is 0 Å². The average molecular weight is 214 g/mol. The molecule has 0 fully saturated rings. The molecule has 0 aromatic rings. The largest absolute Gasteiger partial charge is 0.350 e. The van der Waals surface area contributed by atoms with E-state index in [4.69, 9.17) is 0 Å². The number of carbonyl (C=O) groups excluding carboxylic acids is 2. The number of carbonyl (C=O) groups is 2. The Morgan fingerprint density at radius 3 is 1.80 bits per heavy atom. The molecule has 2 N–H and O–H groups in total. The summed E-state index contributed by atoms with van der Waals surface area (Å²) >= 11 is 0. The van der Waals surface area contributed by atoms with Gasteiger partial charge in [-0.05, 0) is 20.8 Å². The molecule has 0 atom stereocenters. The van der Waals surface area contributed by atoms with E-state index in [1.807, 2.05) is 41.5 Å². The fraction of sp³-hybridized carbons (Fsp3) is 0.818. The van der Waals surface area contributed by atoms with Gasteiger partial charge in [0.1, 0.15) is 0 Å². The fourth-order valence-corrected chi connectivity index (χ4v) is 0.888. The van der Waals surface area contributed by atoms with Crippen LogP contribution in [0.25, 0.3) is 0 Å². The SMILES string of the molecule is CC(C)(C)NC(=O)CNC(=O)C(C)(C)C. The molecular formula is C11H22N2O2. The van der Waals surface area contributed by atoms with Crippen LogP contribution in [0.15, 0.2) is 0 Å². The zero-order valence-corrected chi connectivity index (χ0v) is 10.5. The molecule has 0 unspecified atom stereocenters. The van der Waals surface area contributed by atoms with Crippen molar-refractivity contribution in [3.05, 3.63) is 0 Å². The highest BCUT2D eigenvalue weighted by Crippen LogP contribution is 2.11. The summed E-state index contributed by atoms with van der Waals surface area (Å²) in [6, 6.07) is 0. The minimum atomic E-state index is -0.456. The molecule has 0 radical (unpaired) electrons. The molecule has 0 heterocycles. The van der Waals surface area contributed by atoms with Crippen LogP contribution in [0.3, 0.4) is 0 Å². The van der Waals surface area contributed by atoms with Gasteiger partial charge in [0.05, 0.1) is 6.54 Å². The molecule has 4 heteroatoms. The number of amides is 2. The Bertz CT molecular complexity index is 246. The Kier molecular flexibility index (Phi) is 4.31. The summed E-state index contributed by atoms with van der Waals surface area (Å²) in [4.78, 5) is 22.8. The van der Waals surface area contributed by atoms with Crippen LogP contribution in [-0.4, -0.2) is 23.9 Å². The minimum absolute atomic E-state index is 0.0351. The summed E-state index contributed by atoms with van der Waals surface area (Å²) in [6.45, 7) is 11.2. The summed E-state index contributed by atoms with van der Waals surface area (Å²) in [5.41, 5.74) is -0.717. The van der Waals surface area contributed by atoms with E-state index in [0.29, 0.717) is 0 Å². The second kappa shape index (κ2) is 4.64. The Labute approximate surface area is 91.8 Å². The standard InChI is InChI=1S/C11H22N2O2/c1-10(2,3)9(15)12-7-8(14)13-11(4,5)6/h7H2,1-6H3,(H,12,15)(H,13,14). The molecule has 0 aliphatic rings. The van der Waals surface area contributed by atoms with E-state index in [2.05, 4.69) is 10.6 Å². The van der Waals surface area contributed by atoms with Crippen LogP contribution in [-0.2, 0) is 9.59 Å². The van der Waals surface area contributed by atoms with E-state index in [-0.39, 0.29) is 23.9 Å². The fourth-order valence-electron chi connectivity index (χ4n) is 0.888. The van der Waals surface area contributed by atoms with Crippen molar-refractivity contribution in [3.63, 3.8) is 0 Å².